The molecule has 136 valence electrons. The van der Waals surface area contributed by atoms with E-state index in [1.54, 1.807) is 36.4 Å². The zero-order chi connectivity index (χ0) is 19.2. The summed E-state index contributed by atoms with van der Waals surface area (Å²) in [5, 5.41) is 8.56. The van der Waals surface area contributed by atoms with Crippen LogP contribution in [0.25, 0.3) is 0 Å². The average Bonchev–Trinajstić information content (AvgIpc) is 2.61. The van der Waals surface area contributed by atoms with E-state index in [1.165, 1.54) is 12.1 Å². The van der Waals surface area contributed by atoms with Gasteiger partial charge in [0.1, 0.15) is 11.3 Å². The Morgan fingerprint density at radius 2 is 1.81 bits per heavy atom. The lowest BCUT2D eigenvalue weighted by Gasteiger charge is -2.12. The molecule has 3 N–H and O–H groups in total. The van der Waals surface area contributed by atoms with Gasteiger partial charge in [0.05, 0.1) is 16.8 Å². The van der Waals surface area contributed by atoms with Gasteiger partial charge in [-0.25, -0.2) is 8.42 Å². The number of amides is 1. The van der Waals surface area contributed by atoms with Gasteiger partial charge in [-0.2, -0.15) is 5.26 Å². The Bertz CT molecular complexity index is 937. The first-order chi connectivity index (χ1) is 12.4. The van der Waals surface area contributed by atoms with Crippen molar-refractivity contribution in [3.8, 4) is 6.07 Å². The first-order valence-electron chi connectivity index (χ1n) is 7.69. The number of hydrogen-bond acceptors (Lipinski definition) is 5. The van der Waals surface area contributed by atoms with E-state index < -0.39 is 15.9 Å². The van der Waals surface area contributed by atoms with Gasteiger partial charge in [-0.3, -0.25) is 20.4 Å². The molecule has 0 heterocycles. The number of rotatable bonds is 7. The normalized spacial score (nSPS) is 10.7. The van der Waals surface area contributed by atoms with Crippen molar-refractivity contribution in [1.82, 2.24) is 5.43 Å². The predicted molar refractivity (Wildman–Crippen MR) is 100 cm³/mol. The van der Waals surface area contributed by atoms with Crippen molar-refractivity contribution in [1.29, 1.82) is 5.26 Å². The van der Waals surface area contributed by atoms with E-state index in [0.29, 0.717) is 17.8 Å². The van der Waals surface area contributed by atoms with Gasteiger partial charge in [0.25, 0.3) is 15.9 Å². The minimum absolute atomic E-state index is 0.0180. The van der Waals surface area contributed by atoms with Gasteiger partial charge in [-0.1, -0.05) is 24.6 Å². The average molecular weight is 393 g/mol. The van der Waals surface area contributed by atoms with Crippen molar-refractivity contribution < 1.29 is 13.2 Å². The van der Waals surface area contributed by atoms with E-state index in [9.17, 15) is 13.2 Å². The lowest BCUT2D eigenvalue weighted by Crippen LogP contribution is -2.28. The number of hydrogen-bond donors (Lipinski definition) is 3. The van der Waals surface area contributed by atoms with Crippen molar-refractivity contribution in [2.75, 3.05) is 10.1 Å². The van der Waals surface area contributed by atoms with Crippen LogP contribution in [0.1, 0.15) is 18.9 Å². The first kappa shape index (κ1) is 19.6. The third kappa shape index (κ3) is 5.12. The predicted octanol–water partition coefficient (Wildman–Crippen LogP) is 3.06. The summed E-state index contributed by atoms with van der Waals surface area (Å²) in [7, 11) is -3.83. The number of carbonyl (C=O) groups is 1. The molecule has 2 aromatic carbocycles. The zero-order valence-corrected chi connectivity index (χ0v) is 15.5. The van der Waals surface area contributed by atoms with Gasteiger partial charge < -0.3 is 0 Å². The summed E-state index contributed by atoms with van der Waals surface area (Å²) in [5.74, 6) is -0.470. The summed E-state index contributed by atoms with van der Waals surface area (Å²) >= 11 is 6.03. The summed E-state index contributed by atoms with van der Waals surface area (Å²) in [6, 6.07) is 12.8. The molecule has 0 unspecified atom stereocenters. The maximum absolute atomic E-state index is 12.6. The van der Waals surface area contributed by atoms with Crippen LogP contribution < -0.4 is 15.6 Å². The van der Waals surface area contributed by atoms with Gasteiger partial charge in [0.15, 0.2) is 0 Å². The highest BCUT2D eigenvalue weighted by molar-refractivity contribution is 7.92. The van der Waals surface area contributed by atoms with Gasteiger partial charge in [-0.15, -0.1) is 0 Å². The molecule has 0 radical (unpaired) electrons. The molecule has 0 aliphatic carbocycles. The van der Waals surface area contributed by atoms with Crippen LogP contribution in [0.2, 0.25) is 5.02 Å². The number of halogens is 1. The molecule has 0 saturated carbocycles. The second-order valence-electron chi connectivity index (χ2n) is 5.31. The smallest absolute Gasteiger partial charge is 0.263 e. The molecule has 0 atom stereocenters. The van der Waals surface area contributed by atoms with E-state index in [0.717, 1.165) is 5.56 Å². The van der Waals surface area contributed by atoms with Crippen LogP contribution in [0.5, 0.6) is 0 Å². The molecule has 0 aliphatic rings. The van der Waals surface area contributed by atoms with Crippen molar-refractivity contribution in [2.24, 2.45) is 0 Å². The second kappa shape index (κ2) is 8.56. The lowest BCUT2D eigenvalue weighted by atomic mass is 10.2. The number of sulfonamides is 1. The SMILES string of the molecule is CCc1ccc(Cl)c(S(=O)(=O)Nc2ccc(NNC(=O)CC#N)cc2)c1. The minimum atomic E-state index is -3.83. The molecule has 26 heavy (non-hydrogen) atoms. The first-order valence-corrected chi connectivity index (χ1v) is 9.55. The Morgan fingerprint density at radius 3 is 2.42 bits per heavy atom. The maximum atomic E-state index is 12.6. The Balaban J connectivity index is 2.11. The van der Waals surface area contributed by atoms with Crippen molar-refractivity contribution >= 4 is 38.9 Å². The van der Waals surface area contributed by atoms with Crippen LogP contribution in [0.3, 0.4) is 0 Å². The molecule has 9 heteroatoms. The molecule has 0 aliphatic heterocycles. The van der Waals surface area contributed by atoms with Gasteiger partial charge in [0, 0.05) is 5.69 Å². The topological polar surface area (TPSA) is 111 Å². The third-order valence-corrected chi connectivity index (χ3v) is 5.28. The number of anilines is 2. The van der Waals surface area contributed by atoms with Crippen LogP contribution >= 0.6 is 11.6 Å². The number of nitriles is 1. The lowest BCUT2D eigenvalue weighted by molar-refractivity contribution is -0.119. The van der Waals surface area contributed by atoms with Crippen LogP contribution in [0.4, 0.5) is 11.4 Å². The number of benzene rings is 2. The fourth-order valence-electron chi connectivity index (χ4n) is 2.06. The fourth-order valence-corrected chi connectivity index (χ4v) is 3.67. The van der Waals surface area contributed by atoms with Crippen molar-refractivity contribution in [3.63, 3.8) is 0 Å². The van der Waals surface area contributed by atoms with E-state index in [2.05, 4.69) is 15.6 Å². The largest absolute Gasteiger partial charge is 0.299 e. The Hall–Kier alpha value is -2.76. The number of nitrogens with zero attached hydrogens (tertiary/aromatic N) is 1. The molecule has 7 nitrogen and oxygen atoms in total. The second-order valence-corrected chi connectivity index (χ2v) is 7.37. The van der Waals surface area contributed by atoms with Gasteiger partial charge in [0.2, 0.25) is 0 Å². The van der Waals surface area contributed by atoms with Crippen LogP contribution in [-0.2, 0) is 21.2 Å². The van der Waals surface area contributed by atoms with E-state index in [-0.39, 0.29) is 16.3 Å². The summed E-state index contributed by atoms with van der Waals surface area (Å²) in [6.45, 7) is 1.92. The molecule has 2 rings (SSSR count). The van der Waals surface area contributed by atoms with Crippen LogP contribution in [0.15, 0.2) is 47.4 Å². The Labute approximate surface area is 157 Å². The van der Waals surface area contributed by atoms with Crippen molar-refractivity contribution in [3.05, 3.63) is 53.1 Å². The van der Waals surface area contributed by atoms with E-state index in [4.69, 9.17) is 16.9 Å². The summed E-state index contributed by atoms with van der Waals surface area (Å²) in [6.07, 6.45) is 0.431. The minimum Gasteiger partial charge on any atom is -0.299 e. The molecule has 0 spiro atoms. The molecular formula is C17H17ClN4O3S. The van der Waals surface area contributed by atoms with Crippen molar-refractivity contribution in [2.45, 2.75) is 24.7 Å². The Kier molecular flexibility index (Phi) is 6.44. The van der Waals surface area contributed by atoms with Gasteiger partial charge in [-0.05, 0) is 48.4 Å². The third-order valence-electron chi connectivity index (χ3n) is 3.42. The highest BCUT2D eigenvalue weighted by Gasteiger charge is 2.18. The molecule has 0 bridgehead atoms. The quantitative estimate of drug-likeness (QED) is 0.627. The fraction of sp³-hybridized carbons (Fsp3) is 0.176. The Morgan fingerprint density at radius 1 is 1.15 bits per heavy atom. The van der Waals surface area contributed by atoms with Crippen LogP contribution in [0, 0.1) is 11.3 Å². The highest BCUT2D eigenvalue weighted by atomic mass is 35.5. The summed E-state index contributed by atoms with van der Waals surface area (Å²) in [4.78, 5) is 11.2. The van der Waals surface area contributed by atoms with Gasteiger partial charge >= 0.3 is 0 Å². The molecule has 0 aromatic heterocycles. The molecule has 2 aromatic rings. The van der Waals surface area contributed by atoms with Crippen LogP contribution in [-0.4, -0.2) is 14.3 Å². The number of aryl methyl sites for hydroxylation is 1. The molecule has 1 amide bonds. The molecular weight excluding hydrogens is 376 g/mol. The standard InChI is InChI=1S/C17H17ClN4O3S/c1-2-12-3-8-15(18)16(11-12)26(24,25)22-14-6-4-13(5-7-14)20-21-17(23)9-10-19/h3-8,11,20,22H,2,9H2,1H3,(H,21,23). The number of hydrazine groups is 1. The number of carbonyl (C=O) groups excluding carboxylic acids is 1. The highest BCUT2D eigenvalue weighted by Crippen LogP contribution is 2.25. The maximum Gasteiger partial charge on any atom is 0.263 e. The van der Waals surface area contributed by atoms with E-state index in [1.807, 2.05) is 6.92 Å². The zero-order valence-electron chi connectivity index (χ0n) is 13.9. The summed E-state index contributed by atoms with van der Waals surface area (Å²) < 4.78 is 27.6. The van der Waals surface area contributed by atoms with E-state index >= 15 is 0 Å². The monoisotopic (exact) mass is 392 g/mol. The molecule has 0 saturated heterocycles. The molecule has 0 fully saturated rings. The summed E-state index contributed by atoms with van der Waals surface area (Å²) in [5.41, 5.74) is 6.71. The number of nitrogens with one attached hydrogen (secondary N) is 3.